The van der Waals surface area contributed by atoms with E-state index in [2.05, 4.69) is 26.1 Å². The molecule has 0 radical (unpaired) electrons. The monoisotopic (exact) mass is 317 g/mol. The van der Waals surface area contributed by atoms with Crippen molar-refractivity contribution in [1.29, 1.82) is 0 Å². The van der Waals surface area contributed by atoms with Gasteiger partial charge in [0.15, 0.2) is 0 Å². The van der Waals surface area contributed by atoms with Gasteiger partial charge in [-0.25, -0.2) is 4.39 Å². The van der Waals surface area contributed by atoms with E-state index >= 15 is 0 Å². The second-order valence-electron chi connectivity index (χ2n) is 3.92. The average molecular weight is 319 g/mol. The summed E-state index contributed by atoms with van der Waals surface area (Å²) in [6.45, 7) is 3.96. The molecular formula is C11H10BrClFN3. The van der Waals surface area contributed by atoms with Crippen LogP contribution in [0.1, 0.15) is 25.6 Å². The van der Waals surface area contributed by atoms with E-state index in [1.165, 1.54) is 6.07 Å². The third-order valence-corrected chi connectivity index (χ3v) is 3.21. The van der Waals surface area contributed by atoms with E-state index in [9.17, 15) is 4.39 Å². The van der Waals surface area contributed by atoms with Crippen molar-refractivity contribution in [3.8, 4) is 5.69 Å². The van der Waals surface area contributed by atoms with E-state index in [0.717, 1.165) is 0 Å². The fourth-order valence-corrected chi connectivity index (χ4v) is 1.98. The predicted octanol–water partition coefficient (Wildman–Crippen LogP) is 3.95. The summed E-state index contributed by atoms with van der Waals surface area (Å²) in [6.07, 6.45) is 0. The van der Waals surface area contributed by atoms with Crippen LogP contribution in [0.3, 0.4) is 0 Å². The molecule has 1 aromatic carbocycles. The summed E-state index contributed by atoms with van der Waals surface area (Å²) in [7, 11) is 0. The molecule has 0 saturated heterocycles. The molecule has 6 heteroatoms. The molecule has 0 aliphatic carbocycles. The molecule has 0 N–H and O–H groups in total. The molecule has 0 aliphatic heterocycles. The van der Waals surface area contributed by atoms with Crippen LogP contribution >= 0.6 is 27.5 Å². The summed E-state index contributed by atoms with van der Waals surface area (Å²) in [4.78, 5) is 0. The molecule has 1 aromatic heterocycles. The van der Waals surface area contributed by atoms with Crippen LogP contribution in [0.2, 0.25) is 5.28 Å². The van der Waals surface area contributed by atoms with Crippen LogP contribution < -0.4 is 0 Å². The fraction of sp³-hybridized carbons (Fsp3) is 0.273. The Kier molecular flexibility index (Phi) is 3.49. The first-order valence-corrected chi connectivity index (χ1v) is 6.24. The summed E-state index contributed by atoms with van der Waals surface area (Å²) in [5.41, 5.74) is 0.615. The fourth-order valence-electron chi connectivity index (χ4n) is 1.51. The Morgan fingerprint density at radius 3 is 2.65 bits per heavy atom. The highest BCUT2D eigenvalue weighted by Gasteiger charge is 2.15. The smallest absolute Gasteiger partial charge is 0.229 e. The summed E-state index contributed by atoms with van der Waals surface area (Å²) < 4.78 is 15.5. The van der Waals surface area contributed by atoms with Gasteiger partial charge in [0.25, 0.3) is 0 Å². The highest BCUT2D eigenvalue weighted by atomic mass is 79.9. The number of aromatic nitrogens is 3. The molecule has 0 fully saturated rings. The lowest BCUT2D eigenvalue weighted by Crippen LogP contribution is -2.03. The van der Waals surface area contributed by atoms with Crippen molar-refractivity contribution in [2.75, 3.05) is 0 Å². The van der Waals surface area contributed by atoms with Crippen molar-refractivity contribution in [2.24, 2.45) is 0 Å². The van der Waals surface area contributed by atoms with Crippen molar-refractivity contribution in [3.05, 3.63) is 39.6 Å². The number of rotatable bonds is 2. The average Bonchev–Trinajstić information content (AvgIpc) is 2.64. The maximum Gasteiger partial charge on any atom is 0.229 e. The van der Waals surface area contributed by atoms with E-state index in [-0.39, 0.29) is 17.0 Å². The van der Waals surface area contributed by atoms with E-state index in [0.29, 0.717) is 16.0 Å². The Labute approximate surface area is 112 Å². The Morgan fingerprint density at radius 2 is 2.06 bits per heavy atom. The molecule has 0 atom stereocenters. The lowest BCUT2D eigenvalue weighted by molar-refractivity contribution is 0.619. The molecule has 0 amide bonds. The van der Waals surface area contributed by atoms with Crippen molar-refractivity contribution in [2.45, 2.75) is 19.8 Å². The standard InChI is InChI=1S/C11H10BrClFN3/c1-6(2)10-15-16-11(13)17(10)7-3-4-8(12)9(14)5-7/h3-6H,1-2H3. The molecule has 2 rings (SSSR count). The quantitative estimate of drug-likeness (QED) is 0.839. The molecular weight excluding hydrogens is 308 g/mol. The first kappa shape index (κ1) is 12.5. The molecule has 0 spiro atoms. The van der Waals surface area contributed by atoms with Gasteiger partial charge in [0.2, 0.25) is 5.28 Å². The van der Waals surface area contributed by atoms with Gasteiger partial charge < -0.3 is 0 Å². The minimum atomic E-state index is -0.345. The minimum absolute atomic E-state index is 0.154. The Balaban J connectivity index is 2.59. The molecule has 3 nitrogen and oxygen atoms in total. The van der Waals surface area contributed by atoms with Crippen molar-refractivity contribution in [3.63, 3.8) is 0 Å². The van der Waals surface area contributed by atoms with Crippen LogP contribution in [0, 0.1) is 5.82 Å². The van der Waals surface area contributed by atoms with Gasteiger partial charge in [-0.3, -0.25) is 4.57 Å². The first-order valence-electron chi connectivity index (χ1n) is 5.07. The maximum absolute atomic E-state index is 13.5. The van der Waals surface area contributed by atoms with Crippen LogP contribution in [-0.2, 0) is 0 Å². The second kappa shape index (κ2) is 4.74. The normalized spacial score (nSPS) is 11.2. The van der Waals surface area contributed by atoms with E-state index < -0.39 is 0 Å². The molecule has 0 unspecified atom stereocenters. The molecule has 0 aliphatic rings. The van der Waals surface area contributed by atoms with Gasteiger partial charge in [-0.2, -0.15) is 0 Å². The third kappa shape index (κ3) is 2.35. The SMILES string of the molecule is CC(C)c1nnc(Cl)n1-c1ccc(Br)c(F)c1. The molecule has 2 aromatic rings. The predicted molar refractivity (Wildman–Crippen MR) is 68.1 cm³/mol. The maximum atomic E-state index is 13.5. The van der Waals surface area contributed by atoms with Crippen LogP contribution in [-0.4, -0.2) is 14.8 Å². The van der Waals surface area contributed by atoms with Gasteiger partial charge in [-0.15, -0.1) is 10.2 Å². The topological polar surface area (TPSA) is 30.7 Å². The molecule has 0 saturated carbocycles. The summed E-state index contributed by atoms with van der Waals surface area (Å²) in [5.74, 6) is 0.514. The number of hydrogen-bond donors (Lipinski definition) is 0. The third-order valence-electron chi connectivity index (χ3n) is 2.33. The van der Waals surface area contributed by atoms with Gasteiger partial charge in [-0.1, -0.05) is 13.8 Å². The zero-order chi connectivity index (χ0) is 12.6. The molecule has 0 bridgehead atoms. The Morgan fingerprint density at radius 1 is 1.35 bits per heavy atom. The molecule has 17 heavy (non-hydrogen) atoms. The van der Waals surface area contributed by atoms with Gasteiger partial charge >= 0.3 is 0 Å². The van der Waals surface area contributed by atoms with Gasteiger partial charge in [0.05, 0.1) is 10.2 Å². The molecule has 90 valence electrons. The number of hydrogen-bond acceptors (Lipinski definition) is 2. The summed E-state index contributed by atoms with van der Waals surface area (Å²) in [5, 5.41) is 8.03. The highest BCUT2D eigenvalue weighted by Crippen LogP contribution is 2.25. The van der Waals surface area contributed by atoms with Crippen molar-refractivity contribution in [1.82, 2.24) is 14.8 Å². The zero-order valence-electron chi connectivity index (χ0n) is 9.28. The Bertz CT molecular complexity index is 554. The molecule has 1 heterocycles. The Hall–Kier alpha value is -0.940. The summed E-state index contributed by atoms with van der Waals surface area (Å²) >= 11 is 9.08. The lowest BCUT2D eigenvalue weighted by Gasteiger charge is -2.10. The summed E-state index contributed by atoms with van der Waals surface area (Å²) in [6, 6.07) is 4.78. The zero-order valence-corrected chi connectivity index (χ0v) is 11.6. The second-order valence-corrected chi connectivity index (χ2v) is 5.11. The number of benzene rings is 1. The number of halogens is 3. The van der Waals surface area contributed by atoms with Gasteiger partial charge in [0, 0.05) is 5.92 Å². The van der Waals surface area contributed by atoms with E-state index in [1.807, 2.05) is 13.8 Å². The number of nitrogens with zero attached hydrogens (tertiary/aromatic N) is 3. The first-order chi connectivity index (χ1) is 8.00. The van der Waals surface area contributed by atoms with Crippen LogP contribution in [0.4, 0.5) is 4.39 Å². The minimum Gasteiger partial charge on any atom is -0.269 e. The highest BCUT2D eigenvalue weighted by molar-refractivity contribution is 9.10. The van der Waals surface area contributed by atoms with Crippen molar-refractivity contribution >= 4 is 27.5 Å². The van der Waals surface area contributed by atoms with Crippen LogP contribution in [0.15, 0.2) is 22.7 Å². The van der Waals surface area contributed by atoms with Crippen LogP contribution in [0.25, 0.3) is 5.69 Å². The van der Waals surface area contributed by atoms with E-state index in [4.69, 9.17) is 11.6 Å². The van der Waals surface area contributed by atoms with Gasteiger partial charge in [-0.05, 0) is 45.7 Å². The van der Waals surface area contributed by atoms with Crippen LogP contribution in [0.5, 0.6) is 0 Å². The van der Waals surface area contributed by atoms with Gasteiger partial charge in [0.1, 0.15) is 11.6 Å². The van der Waals surface area contributed by atoms with Crippen molar-refractivity contribution < 1.29 is 4.39 Å². The lowest BCUT2D eigenvalue weighted by atomic mass is 10.2. The largest absolute Gasteiger partial charge is 0.269 e. The van der Waals surface area contributed by atoms with E-state index in [1.54, 1.807) is 16.7 Å².